The second-order valence-corrected chi connectivity index (χ2v) is 6.35. The van der Waals surface area contributed by atoms with Crippen molar-refractivity contribution in [1.82, 2.24) is 15.0 Å². The number of aromatic nitrogens is 3. The van der Waals surface area contributed by atoms with Crippen LogP contribution < -0.4 is 18.9 Å². The maximum absolute atomic E-state index is 5.86. The average molecular weight is 403 g/mol. The molecule has 3 aromatic carbocycles. The number of nitrogens with zero attached hydrogens (tertiary/aromatic N) is 3. The summed E-state index contributed by atoms with van der Waals surface area (Å²) in [6.45, 7) is 0. The van der Waals surface area contributed by atoms with E-state index in [1.165, 1.54) is 0 Å². The normalized spacial score (nSPS) is 10.5. The highest BCUT2D eigenvalue weighted by atomic mass is 16.5. The van der Waals surface area contributed by atoms with Crippen LogP contribution in [0.5, 0.6) is 28.7 Å². The van der Waals surface area contributed by atoms with Crippen LogP contribution in [0.15, 0.2) is 72.9 Å². The first-order valence-corrected chi connectivity index (χ1v) is 9.28. The van der Waals surface area contributed by atoms with E-state index < -0.39 is 0 Å². The first-order valence-electron chi connectivity index (χ1n) is 9.28. The molecule has 1 aromatic heterocycles. The molecule has 30 heavy (non-hydrogen) atoms. The fourth-order valence-corrected chi connectivity index (χ4v) is 3.13. The Morgan fingerprint density at radius 3 is 1.97 bits per heavy atom. The van der Waals surface area contributed by atoms with Crippen LogP contribution in [0.4, 0.5) is 0 Å². The van der Waals surface area contributed by atoms with Crippen molar-refractivity contribution in [2.45, 2.75) is 0 Å². The van der Waals surface area contributed by atoms with Crippen molar-refractivity contribution in [2.75, 3.05) is 21.3 Å². The molecule has 1 heterocycles. The number of hydrogen-bond donors (Lipinski definition) is 0. The van der Waals surface area contributed by atoms with Gasteiger partial charge in [-0.15, -0.1) is 5.10 Å². The maximum atomic E-state index is 5.86. The van der Waals surface area contributed by atoms with Gasteiger partial charge in [-0.3, -0.25) is 0 Å². The van der Waals surface area contributed by atoms with Crippen LogP contribution in [0.1, 0.15) is 0 Å². The lowest BCUT2D eigenvalue weighted by Crippen LogP contribution is -2.01. The van der Waals surface area contributed by atoms with E-state index in [1.54, 1.807) is 32.2 Å². The van der Waals surface area contributed by atoms with Crippen LogP contribution >= 0.6 is 0 Å². The third-order valence-corrected chi connectivity index (χ3v) is 4.57. The first-order chi connectivity index (χ1) is 14.7. The Morgan fingerprint density at radius 1 is 0.733 bits per heavy atom. The maximum Gasteiger partial charge on any atom is 0.203 e. The van der Waals surface area contributed by atoms with Crippen LogP contribution in [0.25, 0.3) is 16.9 Å². The predicted octanol–water partition coefficient (Wildman–Crippen LogP) is 4.75. The zero-order valence-electron chi connectivity index (χ0n) is 16.9. The van der Waals surface area contributed by atoms with Gasteiger partial charge in [0.15, 0.2) is 11.5 Å². The molecule has 4 rings (SSSR count). The van der Waals surface area contributed by atoms with Crippen molar-refractivity contribution < 1.29 is 18.9 Å². The average Bonchev–Trinajstić information content (AvgIpc) is 3.29. The second-order valence-electron chi connectivity index (χ2n) is 6.35. The van der Waals surface area contributed by atoms with Gasteiger partial charge in [-0.2, -0.15) is 0 Å². The van der Waals surface area contributed by atoms with E-state index in [-0.39, 0.29) is 0 Å². The van der Waals surface area contributed by atoms with E-state index in [2.05, 4.69) is 10.3 Å². The van der Waals surface area contributed by atoms with E-state index in [0.29, 0.717) is 17.2 Å². The summed E-state index contributed by atoms with van der Waals surface area (Å²) in [4.78, 5) is 0. The van der Waals surface area contributed by atoms with Gasteiger partial charge >= 0.3 is 0 Å². The van der Waals surface area contributed by atoms with E-state index in [9.17, 15) is 0 Å². The van der Waals surface area contributed by atoms with Crippen molar-refractivity contribution in [3.63, 3.8) is 0 Å². The molecule has 0 N–H and O–H groups in total. The van der Waals surface area contributed by atoms with Gasteiger partial charge in [-0.05, 0) is 48.5 Å². The number of para-hydroxylation sites is 1. The zero-order chi connectivity index (χ0) is 20.9. The molecule has 0 fully saturated rings. The lowest BCUT2D eigenvalue weighted by atomic mass is 10.1. The Bertz CT molecular complexity index is 1100. The standard InChI is InChI=1S/C23H21N3O4/c1-27-21-13-16(14-22(28-2)23(21)29-3)20-15-24-25-26(20)17-9-11-19(12-10-17)30-18-7-5-4-6-8-18/h4-15H,1-3H3. The van der Waals surface area contributed by atoms with E-state index >= 15 is 0 Å². The minimum absolute atomic E-state index is 0.533. The van der Waals surface area contributed by atoms with Gasteiger partial charge in [0.05, 0.1) is 38.9 Å². The number of benzene rings is 3. The Labute approximate surface area is 174 Å². The van der Waals surface area contributed by atoms with Gasteiger partial charge in [-0.25, -0.2) is 4.68 Å². The molecule has 0 aliphatic rings. The molecule has 0 amide bonds. The lowest BCUT2D eigenvalue weighted by Gasteiger charge is -2.14. The van der Waals surface area contributed by atoms with Gasteiger partial charge in [0.2, 0.25) is 5.75 Å². The minimum Gasteiger partial charge on any atom is -0.493 e. The van der Waals surface area contributed by atoms with Gasteiger partial charge in [0, 0.05) is 5.56 Å². The molecule has 4 aromatic rings. The molecule has 0 aliphatic heterocycles. The third kappa shape index (κ3) is 3.77. The van der Waals surface area contributed by atoms with E-state index in [0.717, 1.165) is 28.4 Å². The van der Waals surface area contributed by atoms with Crippen molar-refractivity contribution >= 4 is 0 Å². The van der Waals surface area contributed by atoms with Crippen LogP contribution in [0, 0.1) is 0 Å². The summed E-state index contributed by atoms with van der Waals surface area (Å²) in [7, 11) is 4.75. The quantitative estimate of drug-likeness (QED) is 0.444. The molecule has 0 bridgehead atoms. The van der Waals surface area contributed by atoms with Crippen LogP contribution in [0.2, 0.25) is 0 Å². The highest BCUT2D eigenvalue weighted by Gasteiger charge is 2.17. The molecule has 0 saturated heterocycles. The van der Waals surface area contributed by atoms with Gasteiger partial charge < -0.3 is 18.9 Å². The molecule has 0 radical (unpaired) electrons. The molecule has 0 atom stereocenters. The van der Waals surface area contributed by atoms with Crippen molar-refractivity contribution in [3.05, 3.63) is 72.9 Å². The van der Waals surface area contributed by atoms with Crippen molar-refractivity contribution in [3.8, 4) is 45.7 Å². The van der Waals surface area contributed by atoms with E-state index in [4.69, 9.17) is 18.9 Å². The number of methoxy groups -OCH3 is 3. The highest BCUT2D eigenvalue weighted by Crippen LogP contribution is 2.41. The molecule has 0 aliphatic carbocycles. The zero-order valence-corrected chi connectivity index (χ0v) is 16.9. The molecule has 7 nitrogen and oxygen atoms in total. The Kier molecular flexibility index (Phi) is 5.52. The fourth-order valence-electron chi connectivity index (χ4n) is 3.13. The number of ether oxygens (including phenoxy) is 4. The summed E-state index contributed by atoms with van der Waals surface area (Å²) in [6, 6.07) is 21.0. The van der Waals surface area contributed by atoms with Gasteiger partial charge in [0.25, 0.3) is 0 Å². The molecule has 0 saturated carbocycles. The van der Waals surface area contributed by atoms with Gasteiger partial charge in [-0.1, -0.05) is 23.4 Å². The fraction of sp³-hybridized carbons (Fsp3) is 0.130. The Hall–Kier alpha value is -4.00. The van der Waals surface area contributed by atoms with Crippen molar-refractivity contribution in [1.29, 1.82) is 0 Å². The molecule has 0 spiro atoms. The molecule has 152 valence electrons. The molecular weight excluding hydrogens is 382 g/mol. The van der Waals surface area contributed by atoms with Crippen LogP contribution in [0.3, 0.4) is 0 Å². The molecular formula is C23H21N3O4. The van der Waals surface area contributed by atoms with Gasteiger partial charge in [0.1, 0.15) is 11.5 Å². The summed E-state index contributed by atoms with van der Waals surface area (Å²) in [5.74, 6) is 3.17. The SMILES string of the molecule is COc1cc(-c2cnnn2-c2ccc(Oc3ccccc3)cc2)cc(OC)c1OC. The summed E-state index contributed by atoms with van der Waals surface area (Å²) < 4.78 is 23.9. The highest BCUT2D eigenvalue weighted by molar-refractivity contribution is 5.69. The summed E-state index contributed by atoms with van der Waals surface area (Å²) >= 11 is 0. The lowest BCUT2D eigenvalue weighted by molar-refractivity contribution is 0.324. The van der Waals surface area contributed by atoms with Crippen LogP contribution in [-0.2, 0) is 0 Å². The molecule has 0 unspecified atom stereocenters. The Balaban J connectivity index is 1.67. The first kappa shape index (κ1) is 19.3. The number of hydrogen-bond acceptors (Lipinski definition) is 6. The number of rotatable bonds is 7. The summed E-state index contributed by atoms with van der Waals surface area (Å²) in [5.41, 5.74) is 2.46. The largest absolute Gasteiger partial charge is 0.493 e. The van der Waals surface area contributed by atoms with Crippen molar-refractivity contribution in [2.24, 2.45) is 0 Å². The summed E-state index contributed by atoms with van der Waals surface area (Å²) in [6.07, 6.45) is 1.69. The second kappa shape index (κ2) is 8.57. The van der Waals surface area contributed by atoms with Crippen LogP contribution in [-0.4, -0.2) is 36.3 Å². The van der Waals surface area contributed by atoms with E-state index in [1.807, 2.05) is 66.7 Å². The predicted molar refractivity (Wildman–Crippen MR) is 113 cm³/mol. The smallest absolute Gasteiger partial charge is 0.203 e. The third-order valence-electron chi connectivity index (χ3n) is 4.57. The monoisotopic (exact) mass is 403 g/mol. The topological polar surface area (TPSA) is 67.6 Å². The minimum atomic E-state index is 0.533. The summed E-state index contributed by atoms with van der Waals surface area (Å²) in [5, 5.41) is 8.33. The Morgan fingerprint density at radius 2 is 1.37 bits per heavy atom. The molecule has 7 heteroatoms.